The predicted octanol–water partition coefficient (Wildman–Crippen LogP) is 0.951. The van der Waals surface area contributed by atoms with Crippen LogP contribution in [0.15, 0.2) is 27.4 Å². The van der Waals surface area contributed by atoms with Gasteiger partial charge in [-0.1, -0.05) is 6.07 Å². The number of carbonyl (C=O) groups is 2. The van der Waals surface area contributed by atoms with E-state index >= 15 is 0 Å². The quantitative estimate of drug-likeness (QED) is 0.464. The number of aliphatic carboxylic acids is 1. The van der Waals surface area contributed by atoms with Gasteiger partial charge in [0, 0.05) is 10.9 Å². The first kappa shape index (κ1) is 11.8. The van der Waals surface area contributed by atoms with E-state index in [1.54, 1.807) is 6.92 Å². The Bertz CT molecular complexity index is 729. The number of nitrogen functional groups attached to an aromatic ring is 1. The number of carboxylic acids is 1. The predicted molar refractivity (Wildman–Crippen MR) is 63.6 cm³/mol. The van der Waals surface area contributed by atoms with Gasteiger partial charge in [0.25, 0.3) is 5.78 Å². The van der Waals surface area contributed by atoms with Crippen LogP contribution >= 0.6 is 0 Å². The summed E-state index contributed by atoms with van der Waals surface area (Å²) in [4.78, 5) is 33.2. The molecule has 0 unspecified atom stereocenters. The largest absolute Gasteiger partial charge is 0.475 e. The van der Waals surface area contributed by atoms with Crippen LogP contribution in [0.5, 0.6) is 0 Å². The van der Waals surface area contributed by atoms with E-state index in [0.29, 0.717) is 10.9 Å². The van der Waals surface area contributed by atoms with E-state index in [0.717, 1.165) is 0 Å². The molecule has 0 amide bonds. The van der Waals surface area contributed by atoms with E-state index in [1.165, 1.54) is 18.2 Å². The number of hydrogen-bond donors (Lipinski definition) is 2. The maximum absolute atomic E-state index is 11.4. The van der Waals surface area contributed by atoms with E-state index in [4.69, 9.17) is 15.3 Å². The molecule has 1 aromatic heterocycles. The van der Waals surface area contributed by atoms with Crippen molar-refractivity contribution in [2.45, 2.75) is 6.92 Å². The summed E-state index contributed by atoms with van der Waals surface area (Å²) in [5.74, 6) is -2.63. The molecule has 1 heterocycles. The van der Waals surface area contributed by atoms with Crippen LogP contribution in [0.3, 0.4) is 0 Å². The van der Waals surface area contributed by atoms with Gasteiger partial charge in [0.2, 0.25) is 0 Å². The van der Waals surface area contributed by atoms with E-state index in [9.17, 15) is 14.4 Å². The summed E-state index contributed by atoms with van der Waals surface area (Å²) < 4.78 is 4.92. The lowest BCUT2D eigenvalue weighted by Gasteiger charge is -2.04. The summed E-state index contributed by atoms with van der Waals surface area (Å²) in [6.07, 6.45) is 0. The van der Waals surface area contributed by atoms with Crippen molar-refractivity contribution in [1.29, 1.82) is 0 Å². The average Bonchev–Trinajstić information content (AvgIpc) is 2.34. The van der Waals surface area contributed by atoms with E-state index in [2.05, 4.69) is 0 Å². The Hall–Kier alpha value is -2.63. The average molecular weight is 247 g/mol. The number of carbonyl (C=O) groups excluding carboxylic acids is 1. The highest BCUT2D eigenvalue weighted by Gasteiger charge is 2.16. The second-order valence-corrected chi connectivity index (χ2v) is 3.77. The molecule has 18 heavy (non-hydrogen) atoms. The van der Waals surface area contributed by atoms with Gasteiger partial charge in [-0.2, -0.15) is 0 Å². The van der Waals surface area contributed by atoms with Crippen LogP contribution in [0.4, 0.5) is 5.69 Å². The highest BCUT2D eigenvalue weighted by Crippen LogP contribution is 2.21. The molecule has 0 bridgehead atoms. The summed E-state index contributed by atoms with van der Waals surface area (Å²) in [6.45, 7) is 1.65. The fraction of sp³-hybridized carbons (Fsp3) is 0.0833. The summed E-state index contributed by atoms with van der Waals surface area (Å²) in [7, 11) is 0. The molecule has 0 spiro atoms. The van der Waals surface area contributed by atoms with Crippen LogP contribution in [0, 0.1) is 6.92 Å². The van der Waals surface area contributed by atoms with Gasteiger partial charge in [-0.3, -0.25) is 4.79 Å². The lowest BCUT2D eigenvalue weighted by Crippen LogP contribution is -2.13. The monoisotopic (exact) mass is 247 g/mol. The van der Waals surface area contributed by atoms with Gasteiger partial charge in [-0.05, 0) is 24.6 Å². The molecule has 1 aromatic carbocycles. The van der Waals surface area contributed by atoms with Crippen molar-refractivity contribution in [3.8, 4) is 0 Å². The zero-order valence-corrected chi connectivity index (χ0v) is 9.39. The molecule has 0 aliphatic heterocycles. The fourth-order valence-corrected chi connectivity index (χ4v) is 1.63. The topological polar surface area (TPSA) is 111 Å². The van der Waals surface area contributed by atoms with Crippen LogP contribution in [-0.4, -0.2) is 16.9 Å². The third-order valence-corrected chi connectivity index (χ3v) is 2.67. The van der Waals surface area contributed by atoms with Gasteiger partial charge in [-0.15, -0.1) is 0 Å². The summed E-state index contributed by atoms with van der Waals surface area (Å²) in [6, 6.07) is 4.07. The lowest BCUT2D eigenvalue weighted by atomic mass is 10.1. The number of carboxylic acid groups (broad SMARTS) is 1. The Kier molecular flexibility index (Phi) is 2.63. The minimum absolute atomic E-state index is 0.000175. The number of benzene rings is 1. The second kappa shape index (κ2) is 3.99. The maximum atomic E-state index is 11.4. The Morgan fingerprint density at radius 1 is 1.33 bits per heavy atom. The summed E-state index contributed by atoms with van der Waals surface area (Å²) >= 11 is 0. The van der Waals surface area contributed by atoms with Crippen molar-refractivity contribution >= 4 is 28.4 Å². The van der Waals surface area contributed by atoms with Gasteiger partial charge in [0.1, 0.15) is 11.3 Å². The Labute approximate surface area is 101 Å². The number of nitrogens with two attached hydrogens (primary N) is 1. The first-order chi connectivity index (χ1) is 8.41. The minimum Gasteiger partial charge on any atom is -0.475 e. The van der Waals surface area contributed by atoms with Gasteiger partial charge in [0.05, 0.1) is 0 Å². The maximum Gasteiger partial charge on any atom is 0.377 e. The Balaban J connectivity index is 2.74. The first-order valence-electron chi connectivity index (χ1n) is 5.02. The number of anilines is 1. The number of ketones is 1. The fourth-order valence-electron chi connectivity index (χ4n) is 1.63. The smallest absolute Gasteiger partial charge is 0.377 e. The van der Waals surface area contributed by atoms with E-state index < -0.39 is 17.4 Å². The zero-order valence-electron chi connectivity index (χ0n) is 9.39. The van der Waals surface area contributed by atoms with Crippen LogP contribution in [-0.2, 0) is 4.79 Å². The molecule has 6 nitrogen and oxygen atoms in total. The molecular weight excluding hydrogens is 238 g/mol. The molecule has 92 valence electrons. The molecule has 2 rings (SSSR count). The number of aryl methyl sites for hydroxylation is 1. The number of rotatable bonds is 2. The van der Waals surface area contributed by atoms with Gasteiger partial charge >= 0.3 is 11.6 Å². The van der Waals surface area contributed by atoms with Crippen molar-refractivity contribution in [3.05, 3.63) is 39.7 Å². The molecule has 6 heteroatoms. The molecule has 0 radical (unpaired) electrons. The molecule has 0 aliphatic rings. The van der Waals surface area contributed by atoms with Crippen LogP contribution in [0.2, 0.25) is 0 Å². The molecule has 0 atom stereocenters. The second-order valence-electron chi connectivity index (χ2n) is 3.77. The molecule has 0 saturated heterocycles. The number of fused-ring (bicyclic) bond motifs is 1. The van der Waals surface area contributed by atoms with Gasteiger partial charge in [-0.25, -0.2) is 9.59 Å². The van der Waals surface area contributed by atoms with Crippen molar-refractivity contribution in [1.82, 2.24) is 0 Å². The Morgan fingerprint density at radius 3 is 2.61 bits per heavy atom. The van der Waals surface area contributed by atoms with Crippen LogP contribution in [0.25, 0.3) is 11.0 Å². The van der Waals surface area contributed by atoms with E-state index in [1.807, 2.05) is 0 Å². The molecule has 0 fully saturated rings. The molecule has 0 saturated carbocycles. The Morgan fingerprint density at radius 2 is 2.00 bits per heavy atom. The van der Waals surface area contributed by atoms with Crippen LogP contribution in [0.1, 0.15) is 15.9 Å². The SMILES string of the molecule is Cc1c(N)c(=O)oc2cc(C(=O)C(=O)O)ccc12. The van der Waals surface area contributed by atoms with Crippen molar-refractivity contribution in [2.75, 3.05) is 5.73 Å². The van der Waals surface area contributed by atoms with E-state index in [-0.39, 0.29) is 16.8 Å². The van der Waals surface area contributed by atoms with Crippen molar-refractivity contribution < 1.29 is 19.1 Å². The lowest BCUT2D eigenvalue weighted by molar-refractivity contribution is -0.131. The third kappa shape index (κ3) is 1.73. The highest BCUT2D eigenvalue weighted by atomic mass is 16.4. The molecule has 3 N–H and O–H groups in total. The normalized spacial score (nSPS) is 10.5. The van der Waals surface area contributed by atoms with Gasteiger partial charge in [0.15, 0.2) is 0 Å². The van der Waals surface area contributed by atoms with Crippen molar-refractivity contribution in [3.63, 3.8) is 0 Å². The van der Waals surface area contributed by atoms with Crippen molar-refractivity contribution in [2.24, 2.45) is 0 Å². The minimum atomic E-state index is -1.57. The first-order valence-corrected chi connectivity index (χ1v) is 5.02. The molecular formula is C12H9NO5. The third-order valence-electron chi connectivity index (χ3n) is 2.67. The standard InChI is InChI=1S/C12H9NO5/c1-5-7-3-2-6(10(14)11(15)16)4-8(7)18-12(17)9(5)13/h2-4H,13H2,1H3,(H,15,16). The van der Waals surface area contributed by atoms with Crippen LogP contribution < -0.4 is 11.4 Å². The number of hydrogen-bond acceptors (Lipinski definition) is 5. The summed E-state index contributed by atoms with van der Waals surface area (Å²) in [5.41, 5.74) is 5.44. The molecule has 0 aliphatic carbocycles. The zero-order chi connectivity index (χ0) is 13.4. The number of Topliss-reactive ketones (excluding diaryl/α,β-unsaturated/α-hetero) is 1. The van der Waals surface area contributed by atoms with Gasteiger partial charge < -0.3 is 15.3 Å². The highest BCUT2D eigenvalue weighted by molar-refractivity contribution is 6.40. The molecule has 2 aromatic rings. The summed E-state index contributed by atoms with van der Waals surface area (Å²) in [5, 5.41) is 9.16.